The van der Waals surface area contributed by atoms with E-state index in [1.807, 2.05) is 18.2 Å². The fourth-order valence-corrected chi connectivity index (χ4v) is 1.13. The van der Waals surface area contributed by atoms with Crippen molar-refractivity contribution < 1.29 is 9.47 Å². The Kier molecular flexibility index (Phi) is 6.04. The molecular formula is C12H17O2. The lowest BCUT2D eigenvalue weighted by Gasteiger charge is -2.03. The van der Waals surface area contributed by atoms with Gasteiger partial charge in [0.25, 0.3) is 0 Å². The fourth-order valence-electron chi connectivity index (χ4n) is 1.13. The minimum Gasteiger partial charge on any atom is -0.384 e. The molecule has 0 heterocycles. The van der Waals surface area contributed by atoms with Crippen LogP contribution in [0.25, 0.3) is 0 Å². The number of methoxy groups -OCH3 is 1. The molecule has 0 saturated carbocycles. The van der Waals surface area contributed by atoms with Crippen LogP contribution in [0.15, 0.2) is 30.3 Å². The number of rotatable bonds is 7. The van der Waals surface area contributed by atoms with Crippen molar-refractivity contribution in [2.24, 2.45) is 0 Å². The molecule has 1 aromatic rings. The summed E-state index contributed by atoms with van der Waals surface area (Å²) in [6.45, 7) is 2.16. The van der Waals surface area contributed by atoms with E-state index < -0.39 is 0 Å². The first-order chi connectivity index (χ1) is 6.93. The Labute approximate surface area is 85.8 Å². The van der Waals surface area contributed by atoms with Crippen LogP contribution in [-0.2, 0) is 16.1 Å². The summed E-state index contributed by atoms with van der Waals surface area (Å²) in [5.74, 6) is 0. The van der Waals surface area contributed by atoms with Crippen molar-refractivity contribution in [3.05, 3.63) is 42.3 Å². The van der Waals surface area contributed by atoms with Gasteiger partial charge in [-0.3, -0.25) is 0 Å². The third-order valence-corrected chi connectivity index (χ3v) is 1.86. The van der Waals surface area contributed by atoms with Crippen LogP contribution in [0.5, 0.6) is 0 Å². The molecule has 0 saturated heterocycles. The predicted octanol–water partition coefficient (Wildman–Crippen LogP) is 2.44. The van der Waals surface area contributed by atoms with Gasteiger partial charge in [0.15, 0.2) is 0 Å². The van der Waals surface area contributed by atoms with Crippen molar-refractivity contribution in [3.63, 3.8) is 0 Å². The molecule has 2 nitrogen and oxygen atoms in total. The Hall–Kier alpha value is -0.860. The maximum atomic E-state index is 5.48. The van der Waals surface area contributed by atoms with E-state index in [2.05, 4.69) is 18.6 Å². The molecule has 77 valence electrons. The van der Waals surface area contributed by atoms with Crippen LogP contribution >= 0.6 is 0 Å². The molecule has 14 heavy (non-hydrogen) atoms. The largest absolute Gasteiger partial charge is 0.384 e. The van der Waals surface area contributed by atoms with Gasteiger partial charge in [-0.1, -0.05) is 30.3 Å². The molecule has 0 fully saturated rings. The summed E-state index contributed by atoms with van der Waals surface area (Å²) >= 11 is 0. The van der Waals surface area contributed by atoms with Crippen LogP contribution in [0.3, 0.4) is 0 Å². The van der Waals surface area contributed by atoms with Gasteiger partial charge in [0.05, 0.1) is 6.61 Å². The second kappa shape index (κ2) is 7.54. The van der Waals surface area contributed by atoms with Crippen LogP contribution < -0.4 is 0 Å². The van der Waals surface area contributed by atoms with Crippen LogP contribution in [0.2, 0.25) is 0 Å². The van der Waals surface area contributed by atoms with Gasteiger partial charge in [-0.05, 0) is 18.4 Å². The summed E-state index contributed by atoms with van der Waals surface area (Å²) in [6.07, 6.45) is 3.02. The SMILES string of the molecule is COC[CH]CCOCc1ccccc1. The van der Waals surface area contributed by atoms with E-state index >= 15 is 0 Å². The van der Waals surface area contributed by atoms with Crippen LogP contribution in [0, 0.1) is 6.42 Å². The summed E-state index contributed by atoms with van der Waals surface area (Å²) in [5, 5.41) is 0. The van der Waals surface area contributed by atoms with Gasteiger partial charge in [-0.2, -0.15) is 0 Å². The highest BCUT2D eigenvalue weighted by Gasteiger charge is 1.92. The fraction of sp³-hybridized carbons (Fsp3) is 0.417. The number of unbranched alkanes of at least 4 members (excludes halogenated alkanes) is 1. The zero-order valence-electron chi connectivity index (χ0n) is 8.61. The Morgan fingerprint density at radius 2 is 2.00 bits per heavy atom. The molecule has 0 aliphatic carbocycles. The first kappa shape index (κ1) is 11.2. The molecule has 0 atom stereocenters. The lowest BCUT2D eigenvalue weighted by molar-refractivity contribution is 0.119. The molecule has 0 bridgehead atoms. The summed E-state index contributed by atoms with van der Waals surface area (Å²) in [5.41, 5.74) is 1.22. The first-order valence-corrected chi connectivity index (χ1v) is 4.86. The monoisotopic (exact) mass is 193 g/mol. The van der Waals surface area contributed by atoms with E-state index in [1.54, 1.807) is 7.11 Å². The van der Waals surface area contributed by atoms with Crippen molar-refractivity contribution >= 4 is 0 Å². The molecule has 1 aromatic carbocycles. The van der Waals surface area contributed by atoms with Gasteiger partial charge >= 0.3 is 0 Å². The zero-order chi connectivity index (χ0) is 10.1. The summed E-state index contributed by atoms with van der Waals surface area (Å²) in [7, 11) is 1.70. The highest BCUT2D eigenvalue weighted by molar-refractivity contribution is 5.13. The Morgan fingerprint density at radius 1 is 1.21 bits per heavy atom. The lowest BCUT2D eigenvalue weighted by Crippen LogP contribution is -1.98. The third kappa shape index (κ3) is 5.00. The van der Waals surface area contributed by atoms with Crippen molar-refractivity contribution in [1.82, 2.24) is 0 Å². The van der Waals surface area contributed by atoms with Gasteiger partial charge in [-0.25, -0.2) is 0 Å². The lowest BCUT2D eigenvalue weighted by atomic mass is 10.2. The van der Waals surface area contributed by atoms with Gasteiger partial charge in [0.2, 0.25) is 0 Å². The van der Waals surface area contributed by atoms with Crippen molar-refractivity contribution in [2.75, 3.05) is 20.3 Å². The standard InChI is InChI=1S/C12H17O2/c1-13-9-5-6-10-14-11-12-7-3-2-4-8-12/h2-5,7-8H,6,9-11H2,1H3. The van der Waals surface area contributed by atoms with Crippen LogP contribution in [-0.4, -0.2) is 20.3 Å². The molecular weight excluding hydrogens is 176 g/mol. The number of ether oxygens (including phenoxy) is 2. The molecule has 0 unspecified atom stereocenters. The molecule has 0 spiro atoms. The minimum atomic E-state index is 0.696. The zero-order valence-corrected chi connectivity index (χ0v) is 8.61. The predicted molar refractivity (Wildman–Crippen MR) is 56.9 cm³/mol. The quantitative estimate of drug-likeness (QED) is 0.619. The minimum absolute atomic E-state index is 0.696. The van der Waals surface area contributed by atoms with Crippen molar-refractivity contribution in [2.45, 2.75) is 13.0 Å². The van der Waals surface area contributed by atoms with Crippen molar-refractivity contribution in [1.29, 1.82) is 0 Å². The Morgan fingerprint density at radius 3 is 2.71 bits per heavy atom. The second-order valence-corrected chi connectivity index (χ2v) is 3.07. The Balaban J connectivity index is 1.99. The van der Waals surface area contributed by atoms with Gasteiger partial charge in [0, 0.05) is 20.3 Å². The highest BCUT2D eigenvalue weighted by Crippen LogP contribution is 2.01. The summed E-state index contributed by atoms with van der Waals surface area (Å²) < 4.78 is 10.4. The maximum absolute atomic E-state index is 5.48. The molecule has 0 amide bonds. The van der Waals surface area contributed by atoms with Gasteiger partial charge < -0.3 is 9.47 Å². The van der Waals surface area contributed by atoms with E-state index in [0.29, 0.717) is 13.2 Å². The number of benzene rings is 1. The van der Waals surface area contributed by atoms with Gasteiger partial charge in [-0.15, -0.1) is 0 Å². The third-order valence-electron chi connectivity index (χ3n) is 1.86. The van der Waals surface area contributed by atoms with Gasteiger partial charge in [0.1, 0.15) is 0 Å². The smallest absolute Gasteiger partial charge is 0.0716 e. The Bertz CT molecular complexity index is 221. The second-order valence-electron chi connectivity index (χ2n) is 3.07. The summed E-state index contributed by atoms with van der Waals surface area (Å²) in [4.78, 5) is 0. The molecule has 0 aliphatic heterocycles. The van der Waals surface area contributed by atoms with E-state index in [9.17, 15) is 0 Å². The first-order valence-electron chi connectivity index (χ1n) is 4.86. The van der Waals surface area contributed by atoms with E-state index in [-0.39, 0.29) is 0 Å². The van der Waals surface area contributed by atoms with Crippen LogP contribution in [0.4, 0.5) is 0 Å². The number of hydrogen-bond acceptors (Lipinski definition) is 2. The molecule has 2 heteroatoms. The molecule has 1 rings (SSSR count). The van der Waals surface area contributed by atoms with E-state index in [0.717, 1.165) is 13.0 Å². The molecule has 1 radical (unpaired) electrons. The summed E-state index contributed by atoms with van der Waals surface area (Å²) in [6, 6.07) is 10.2. The van der Waals surface area contributed by atoms with Crippen LogP contribution in [0.1, 0.15) is 12.0 Å². The average Bonchev–Trinajstić information content (AvgIpc) is 2.25. The normalized spacial score (nSPS) is 10.4. The maximum Gasteiger partial charge on any atom is 0.0716 e. The number of hydrogen-bond donors (Lipinski definition) is 0. The van der Waals surface area contributed by atoms with E-state index in [1.165, 1.54) is 5.56 Å². The van der Waals surface area contributed by atoms with Crippen molar-refractivity contribution in [3.8, 4) is 0 Å². The topological polar surface area (TPSA) is 18.5 Å². The average molecular weight is 193 g/mol. The molecule has 0 aromatic heterocycles. The van der Waals surface area contributed by atoms with E-state index in [4.69, 9.17) is 9.47 Å². The molecule has 0 N–H and O–H groups in total. The molecule has 0 aliphatic rings. The highest BCUT2D eigenvalue weighted by atomic mass is 16.5.